The average Bonchev–Trinajstić information content (AvgIpc) is 2.73. The normalized spacial score (nSPS) is 16.5. The van der Waals surface area contributed by atoms with Crippen molar-refractivity contribution in [1.29, 1.82) is 0 Å². The third-order valence-corrected chi connectivity index (χ3v) is 5.47. The zero-order valence-corrected chi connectivity index (χ0v) is 16.8. The Bertz CT molecular complexity index is 962. The van der Waals surface area contributed by atoms with Gasteiger partial charge in [-0.3, -0.25) is 4.90 Å². The molecule has 2 heterocycles. The topological polar surface area (TPSA) is 34.6 Å². The number of fused-ring (bicyclic) bond motifs is 1. The van der Waals surface area contributed by atoms with E-state index in [9.17, 15) is 0 Å². The minimum Gasteiger partial charge on any atom is -0.493 e. The Morgan fingerprint density at radius 2 is 1.79 bits per heavy atom. The highest BCUT2D eigenvalue weighted by molar-refractivity contribution is 6.29. The summed E-state index contributed by atoms with van der Waals surface area (Å²) in [5.41, 5.74) is 4.98. The molecule has 0 N–H and O–H groups in total. The first kappa shape index (κ1) is 18.8. The van der Waals surface area contributed by atoms with Crippen molar-refractivity contribution in [3.63, 3.8) is 0 Å². The SMILES string of the molecule is COc1cc2c(cc1OC)[C@@H](c1ccccc1)N(Cc1ccnc(Cl)c1)CC2. The van der Waals surface area contributed by atoms with Crippen LogP contribution in [0.25, 0.3) is 0 Å². The number of aromatic nitrogens is 1. The molecule has 0 unspecified atom stereocenters. The van der Waals surface area contributed by atoms with Gasteiger partial charge in [-0.1, -0.05) is 41.9 Å². The van der Waals surface area contributed by atoms with Crippen LogP contribution in [-0.4, -0.2) is 30.6 Å². The van der Waals surface area contributed by atoms with Crippen LogP contribution < -0.4 is 9.47 Å². The van der Waals surface area contributed by atoms with Gasteiger partial charge >= 0.3 is 0 Å². The minimum atomic E-state index is 0.136. The van der Waals surface area contributed by atoms with Crippen molar-refractivity contribution in [3.8, 4) is 11.5 Å². The third kappa shape index (κ3) is 3.71. The smallest absolute Gasteiger partial charge is 0.161 e. The lowest BCUT2D eigenvalue weighted by Gasteiger charge is -2.38. The lowest BCUT2D eigenvalue weighted by molar-refractivity contribution is 0.203. The highest BCUT2D eigenvalue weighted by Crippen LogP contribution is 2.41. The van der Waals surface area contributed by atoms with Gasteiger partial charge < -0.3 is 9.47 Å². The molecule has 0 aliphatic carbocycles. The van der Waals surface area contributed by atoms with Crippen molar-refractivity contribution in [1.82, 2.24) is 9.88 Å². The fraction of sp³-hybridized carbons (Fsp3) is 0.261. The molecule has 5 heteroatoms. The van der Waals surface area contributed by atoms with Gasteiger partial charge in [0.25, 0.3) is 0 Å². The number of nitrogens with zero attached hydrogens (tertiary/aromatic N) is 2. The van der Waals surface area contributed by atoms with Crippen LogP contribution in [-0.2, 0) is 13.0 Å². The van der Waals surface area contributed by atoms with Gasteiger partial charge in [-0.25, -0.2) is 4.98 Å². The van der Waals surface area contributed by atoms with Crippen LogP contribution in [0.3, 0.4) is 0 Å². The van der Waals surface area contributed by atoms with Crippen LogP contribution in [0.2, 0.25) is 5.15 Å². The quantitative estimate of drug-likeness (QED) is 0.576. The number of hydrogen-bond donors (Lipinski definition) is 0. The summed E-state index contributed by atoms with van der Waals surface area (Å²) in [6, 6.07) is 18.9. The molecule has 0 saturated heterocycles. The van der Waals surface area contributed by atoms with Crippen LogP contribution in [0, 0.1) is 0 Å². The second-order valence-corrected chi connectivity index (χ2v) is 7.31. The van der Waals surface area contributed by atoms with E-state index >= 15 is 0 Å². The number of benzene rings is 2. The summed E-state index contributed by atoms with van der Waals surface area (Å²) >= 11 is 6.11. The highest BCUT2D eigenvalue weighted by atomic mass is 35.5. The summed E-state index contributed by atoms with van der Waals surface area (Å²) in [5, 5.41) is 0.526. The van der Waals surface area contributed by atoms with Crippen molar-refractivity contribution in [2.24, 2.45) is 0 Å². The number of ether oxygens (including phenoxy) is 2. The van der Waals surface area contributed by atoms with E-state index in [1.165, 1.54) is 16.7 Å². The van der Waals surface area contributed by atoms with Crippen LogP contribution in [0.15, 0.2) is 60.8 Å². The maximum atomic E-state index is 6.11. The van der Waals surface area contributed by atoms with Crippen molar-refractivity contribution in [2.75, 3.05) is 20.8 Å². The Balaban J connectivity index is 1.78. The van der Waals surface area contributed by atoms with E-state index in [0.717, 1.165) is 36.6 Å². The highest BCUT2D eigenvalue weighted by Gasteiger charge is 2.30. The van der Waals surface area contributed by atoms with Gasteiger partial charge in [-0.2, -0.15) is 0 Å². The van der Waals surface area contributed by atoms with E-state index in [2.05, 4.69) is 52.3 Å². The van der Waals surface area contributed by atoms with E-state index in [1.54, 1.807) is 20.4 Å². The first-order valence-electron chi connectivity index (χ1n) is 9.34. The molecule has 144 valence electrons. The lowest BCUT2D eigenvalue weighted by atomic mass is 9.87. The van der Waals surface area contributed by atoms with Gasteiger partial charge in [0.1, 0.15) is 5.15 Å². The summed E-state index contributed by atoms with van der Waals surface area (Å²) in [4.78, 5) is 6.59. The van der Waals surface area contributed by atoms with E-state index in [0.29, 0.717) is 5.15 Å². The Hall–Kier alpha value is -2.56. The minimum absolute atomic E-state index is 0.136. The molecule has 0 radical (unpaired) electrons. The average molecular weight is 395 g/mol. The molecule has 3 aromatic rings. The Morgan fingerprint density at radius 1 is 1.04 bits per heavy atom. The third-order valence-electron chi connectivity index (χ3n) is 5.27. The molecular formula is C23H23ClN2O2. The first-order valence-corrected chi connectivity index (χ1v) is 9.71. The molecule has 1 atom stereocenters. The predicted molar refractivity (Wildman–Crippen MR) is 111 cm³/mol. The molecule has 4 rings (SSSR count). The maximum Gasteiger partial charge on any atom is 0.161 e. The molecule has 1 aliphatic rings. The Morgan fingerprint density at radius 3 is 2.50 bits per heavy atom. The number of hydrogen-bond acceptors (Lipinski definition) is 4. The monoisotopic (exact) mass is 394 g/mol. The van der Waals surface area contributed by atoms with Crippen molar-refractivity contribution in [2.45, 2.75) is 19.0 Å². The van der Waals surface area contributed by atoms with E-state index in [4.69, 9.17) is 21.1 Å². The fourth-order valence-electron chi connectivity index (χ4n) is 3.97. The summed E-state index contributed by atoms with van der Waals surface area (Å²) in [6.45, 7) is 1.75. The predicted octanol–water partition coefficient (Wildman–Crippen LogP) is 4.90. The Kier molecular flexibility index (Phi) is 5.51. The van der Waals surface area contributed by atoms with Gasteiger partial charge in [0.05, 0.1) is 20.3 Å². The van der Waals surface area contributed by atoms with Crippen molar-refractivity contribution < 1.29 is 9.47 Å². The summed E-state index contributed by atoms with van der Waals surface area (Å²) in [6.07, 6.45) is 2.72. The second kappa shape index (κ2) is 8.21. The van der Waals surface area contributed by atoms with Gasteiger partial charge in [0.2, 0.25) is 0 Å². The summed E-state index contributed by atoms with van der Waals surface area (Å²) in [7, 11) is 3.36. The van der Waals surface area contributed by atoms with Crippen molar-refractivity contribution >= 4 is 11.6 Å². The van der Waals surface area contributed by atoms with Crippen molar-refractivity contribution in [3.05, 3.63) is 88.2 Å². The number of halogens is 1. The number of rotatable bonds is 5. The summed E-state index contributed by atoms with van der Waals surface area (Å²) in [5.74, 6) is 1.54. The number of pyridine rings is 1. The van der Waals surface area contributed by atoms with Gasteiger partial charge in [-0.05, 0) is 52.9 Å². The second-order valence-electron chi connectivity index (χ2n) is 6.93. The zero-order valence-electron chi connectivity index (χ0n) is 16.1. The van der Waals surface area contributed by atoms with Gasteiger partial charge in [0, 0.05) is 19.3 Å². The largest absolute Gasteiger partial charge is 0.493 e. The van der Waals surface area contributed by atoms with E-state index < -0.39 is 0 Å². The van der Waals surface area contributed by atoms with E-state index in [-0.39, 0.29) is 6.04 Å². The maximum absolute atomic E-state index is 6.11. The molecule has 0 spiro atoms. The van der Waals surface area contributed by atoms with Gasteiger partial charge in [0.15, 0.2) is 11.5 Å². The molecule has 0 amide bonds. The molecular weight excluding hydrogens is 372 g/mol. The molecule has 1 aromatic heterocycles. The van der Waals surface area contributed by atoms with Gasteiger partial charge in [-0.15, -0.1) is 0 Å². The molecule has 4 nitrogen and oxygen atoms in total. The molecule has 28 heavy (non-hydrogen) atoms. The molecule has 0 bridgehead atoms. The fourth-order valence-corrected chi connectivity index (χ4v) is 4.17. The Labute approximate surface area is 170 Å². The van der Waals surface area contributed by atoms with Crippen LogP contribution >= 0.6 is 11.6 Å². The lowest BCUT2D eigenvalue weighted by Crippen LogP contribution is -2.35. The van der Waals surface area contributed by atoms with Crippen LogP contribution in [0.1, 0.15) is 28.3 Å². The van der Waals surface area contributed by atoms with E-state index in [1.807, 2.05) is 12.1 Å². The molecule has 1 aliphatic heterocycles. The zero-order chi connectivity index (χ0) is 19.5. The van der Waals surface area contributed by atoms with Crippen LogP contribution in [0.4, 0.5) is 0 Å². The summed E-state index contributed by atoms with van der Waals surface area (Å²) < 4.78 is 11.1. The standard InChI is InChI=1S/C23H23ClN2O2/c1-27-20-13-18-9-11-26(15-16-8-10-25-22(24)12-16)23(17-6-4-3-5-7-17)19(18)14-21(20)28-2/h3-8,10,12-14,23H,9,11,15H2,1-2H3/t23-/m1/s1. The molecule has 0 fully saturated rings. The molecule has 0 saturated carbocycles. The first-order chi connectivity index (χ1) is 13.7. The van der Waals surface area contributed by atoms with Crippen LogP contribution in [0.5, 0.6) is 11.5 Å². The molecule has 2 aromatic carbocycles. The number of methoxy groups -OCH3 is 2.